The first kappa shape index (κ1) is 24.5. The number of carboxylic acids is 1. The summed E-state index contributed by atoms with van der Waals surface area (Å²) in [4.78, 5) is 49.9. The van der Waals surface area contributed by atoms with E-state index in [1.54, 1.807) is 0 Å². The van der Waals surface area contributed by atoms with Crippen LogP contribution in [0.3, 0.4) is 0 Å². The van der Waals surface area contributed by atoms with Gasteiger partial charge in [0, 0.05) is 12.3 Å². The summed E-state index contributed by atoms with van der Waals surface area (Å²) in [5.74, 6) is -2.30. The van der Waals surface area contributed by atoms with Crippen LogP contribution in [0.25, 0.3) is 0 Å². The molecule has 1 aliphatic rings. The van der Waals surface area contributed by atoms with E-state index >= 15 is 0 Å². The molecule has 1 aliphatic heterocycles. The Morgan fingerprint density at radius 1 is 1.29 bits per heavy atom. The smallest absolute Gasteiger partial charge is 0.326 e. The van der Waals surface area contributed by atoms with E-state index in [0.717, 1.165) is 0 Å². The van der Waals surface area contributed by atoms with Crippen LogP contribution in [0.15, 0.2) is 0 Å². The minimum absolute atomic E-state index is 0.0148. The highest BCUT2D eigenvalue weighted by molar-refractivity contribution is 7.98. The first-order chi connectivity index (χ1) is 13.3. The van der Waals surface area contributed by atoms with Crippen molar-refractivity contribution < 1.29 is 29.4 Å². The molecule has 4 unspecified atom stereocenters. The lowest BCUT2D eigenvalue weighted by atomic mass is 10.1. The number of nitrogens with two attached hydrogens (primary N) is 1. The number of aliphatic hydroxyl groups is 1. The first-order valence-electron chi connectivity index (χ1n) is 8.87. The van der Waals surface area contributed by atoms with Crippen molar-refractivity contribution in [2.75, 3.05) is 30.9 Å². The van der Waals surface area contributed by atoms with E-state index in [2.05, 4.69) is 23.3 Å². The maximum absolute atomic E-state index is 12.8. The van der Waals surface area contributed by atoms with Crippen LogP contribution in [0.1, 0.15) is 19.3 Å². The van der Waals surface area contributed by atoms with Gasteiger partial charge in [0.1, 0.15) is 24.2 Å². The Bertz CT molecular complexity index is 579. The third-order valence-electron chi connectivity index (χ3n) is 4.39. The second-order valence-electron chi connectivity index (χ2n) is 6.40. The van der Waals surface area contributed by atoms with E-state index in [1.165, 1.54) is 16.7 Å². The topological polar surface area (TPSA) is 162 Å². The minimum atomic E-state index is -1.17. The molecular formula is C16H28N4O6S2. The van der Waals surface area contributed by atoms with Gasteiger partial charge in [0.25, 0.3) is 0 Å². The molecule has 1 rings (SSSR count). The monoisotopic (exact) mass is 436 g/mol. The SMILES string of the molecule is CSCCC(NC(=O)C1CCCN1C(=O)C(CS)NC(=O)C(N)CO)C(=O)O. The van der Waals surface area contributed by atoms with Crippen molar-refractivity contribution in [3.8, 4) is 0 Å². The van der Waals surface area contributed by atoms with Crippen LogP contribution in [0.2, 0.25) is 0 Å². The van der Waals surface area contributed by atoms with Crippen LogP contribution in [0, 0.1) is 0 Å². The molecule has 12 heteroatoms. The largest absolute Gasteiger partial charge is 0.480 e. The highest BCUT2D eigenvalue weighted by Crippen LogP contribution is 2.19. The molecule has 0 radical (unpaired) electrons. The number of nitrogens with one attached hydrogen (secondary N) is 2. The molecule has 0 aliphatic carbocycles. The van der Waals surface area contributed by atoms with E-state index in [-0.39, 0.29) is 12.2 Å². The number of thiol groups is 1. The summed E-state index contributed by atoms with van der Waals surface area (Å²) < 4.78 is 0. The van der Waals surface area contributed by atoms with Crippen molar-refractivity contribution in [2.45, 2.75) is 43.4 Å². The number of thioether (sulfide) groups is 1. The molecule has 160 valence electrons. The number of amides is 3. The van der Waals surface area contributed by atoms with Gasteiger partial charge >= 0.3 is 5.97 Å². The van der Waals surface area contributed by atoms with Crippen LogP contribution < -0.4 is 16.4 Å². The number of rotatable bonds is 11. The molecule has 3 amide bonds. The Labute approximate surface area is 173 Å². The van der Waals surface area contributed by atoms with Gasteiger partial charge in [0.15, 0.2) is 0 Å². The Balaban J connectivity index is 2.80. The van der Waals surface area contributed by atoms with Crippen LogP contribution >= 0.6 is 24.4 Å². The molecule has 0 aromatic carbocycles. The number of nitrogens with zero attached hydrogens (tertiary/aromatic N) is 1. The lowest BCUT2D eigenvalue weighted by molar-refractivity contribution is -0.144. The average molecular weight is 437 g/mol. The maximum atomic E-state index is 12.8. The zero-order chi connectivity index (χ0) is 21.3. The minimum Gasteiger partial charge on any atom is -0.480 e. The Morgan fingerprint density at radius 2 is 1.96 bits per heavy atom. The normalized spacial score (nSPS) is 19.6. The molecule has 1 fully saturated rings. The van der Waals surface area contributed by atoms with Crippen molar-refractivity contribution in [1.29, 1.82) is 0 Å². The summed E-state index contributed by atoms with van der Waals surface area (Å²) in [7, 11) is 0. The van der Waals surface area contributed by atoms with Crippen LogP contribution in [0.5, 0.6) is 0 Å². The van der Waals surface area contributed by atoms with Gasteiger partial charge in [0.2, 0.25) is 17.7 Å². The lowest BCUT2D eigenvalue weighted by Crippen LogP contribution is -2.57. The second kappa shape index (κ2) is 12.1. The molecule has 0 saturated carbocycles. The van der Waals surface area contributed by atoms with Gasteiger partial charge in [-0.05, 0) is 31.3 Å². The fraction of sp³-hybridized carbons (Fsp3) is 0.750. The van der Waals surface area contributed by atoms with Crippen molar-refractivity contribution in [3.63, 3.8) is 0 Å². The van der Waals surface area contributed by atoms with Gasteiger partial charge in [-0.15, -0.1) is 0 Å². The molecule has 28 heavy (non-hydrogen) atoms. The molecule has 0 aromatic heterocycles. The summed E-state index contributed by atoms with van der Waals surface area (Å²) >= 11 is 5.55. The van der Waals surface area contributed by atoms with Gasteiger partial charge in [-0.25, -0.2) is 4.79 Å². The standard InChI is InChI=1S/C16H28N4O6S2/c1-28-6-4-10(16(25)26)18-14(23)12-3-2-5-20(12)15(24)11(8-27)19-13(22)9(17)7-21/h9-12,21,27H,2-8,17H2,1H3,(H,18,23)(H,19,22)(H,25,26). The van der Waals surface area contributed by atoms with Crippen molar-refractivity contribution in [1.82, 2.24) is 15.5 Å². The zero-order valence-corrected chi connectivity index (χ0v) is 17.4. The van der Waals surface area contributed by atoms with Crippen LogP contribution in [-0.4, -0.2) is 93.9 Å². The predicted molar refractivity (Wildman–Crippen MR) is 108 cm³/mol. The molecule has 4 atom stereocenters. The van der Waals surface area contributed by atoms with E-state index in [0.29, 0.717) is 25.1 Å². The highest BCUT2D eigenvalue weighted by Gasteiger charge is 2.38. The molecule has 0 bridgehead atoms. The summed E-state index contributed by atoms with van der Waals surface area (Å²) in [6, 6.07) is -4.01. The molecule has 0 spiro atoms. The highest BCUT2D eigenvalue weighted by atomic mass is 32.2. The van der Waals surface area contributed by atoms with E-state index in [1.807, 2.05) is 6.26 Å². The lowest BCUT2D eigenvalue weighted by Gasteiger charge is -2.29. The Kier molecular flexibility index (Phi) is 10.6. The number of carboxylic acid groups (broad SMARTS) is 1. The van der Waals surface area contributed by atoms with E-state index < -0.39 is 54.5 Å². The molecule has 1 saturated heterocycles. The van der Waals surface area contributed by atoms with Crippen molar-refractivity contribution >= 4 is 48.1 Å². The predicted octanol–water partition coefficient (Wildman–Crippen LogP) is -1.97. The Hall–Kier alpha value is -1.50. The van der Waals surface area contributed by atoms with Crippen molar-refractivity contribution in [2.24, 2.45) is 5.73 Å². The molecule has 10 nitrogen and oxygen atoms in total. The molecule has 6 N–H and O–H groups in total. The number of aliphatic carboxylic acids is 1. The number of likely N-dealkylation sites (tertiary alicyclic amines) is 1. The van der Waals surface area contributed by atoms with Gasteiger partial charge < -0.3 is 31.5 Å². The van der Waals surface area contributed by atoms with Gasteiger partial charge in [0.05, 0.1) is 6.61 Å². The third kappa shape index (κ3) is 6.83. The van der Waals surface area contributed by atoms with Crippen LogP contribution in [-0.2, 0) is 19.2 Å². The molecule has 1 heterocycles. The summed E-state index contributed by atoms with van der Waals surface area (Å²) in [6.07, 6.45) is 3.09. The fourth-order valence-corrected chi connectivity index (χ4v) is 3.53. The number of hydrogen-bond donors (Lipinski definition) is 6. The second-order valence-corrected chi connectivity index (χ2v) is 7.75. The average Bonchev–Trinajstić information content (AvgIpc) is 3.17. The summed E-state index contributed by atoms with van der Waals surface area (Å²) in [5.41, 5.74) is 5.44. The summed E-state index contributed by atoms with van der Waals surface area (Å²) in [6.45, 7) is -0.258. The first-order valence-corrected chi connectivity index (χ1v) is 10.9. The van der Waals surface area contributed by atoms with Crippen molar-refractivity contribution in [3.05, 3.63) is 0 Å². The maximum Gasteiger partial charge on any atom is 0.326 e. The molecular weight excluding hydrogens is 408 g/mol. The van der Waals surface area contributed by atoms with Gasteiger partial charge in [-0.3, -0.25) is 14.4 Å². The number of carbonyl (C=O) groups is 4. The number of hydrogen-bond acceptors (Lipinski definition) is 8. The fourth-order valence-electron chi connectivity index (χ4n) is 2.81. The zero-order valence-electron chi connectivity index (χ0n) is 15.7. The number of carbonyl (C=O) groups excluding carboxylic acids is 3. The van der Waals surface area contributed by atoms with Gasteiger partial charge in [-0.1, -0.05) is 0 Å². The van der Waals surface area contributed by atoms with Gasteiger partial charge in [-0.2, -0.15) is 24.4 Å². The summed E-state index contributed by atoms with van der Waals surface area (Å²) in [5, 5.41) is 23.1. The molecule has 0 aromatic rings. The van der Waals surface area contributed by atoms with Crippen LogP contribution in [0.4, 0.5) is 0 Å². The third-order valence-corrected chi connectivity index (χ3v) is 5.40. The number of aliphatic hydroxyl groups excluding tert-OH is 1. The quantitative estimate of drug-likeness (QED) is 0.203. The Morgan fingerprint density at radius 3 is 2.50 bits per heavy atom. The van der Waals surface area contributed by atoms with E-state index in [9.17, 15) is 24.3 Å². The van der Waals surface area contributed by atoms with E-state index in [4.69, 9.17) is 10.8 Å².